The van der Waals surface area contributed by atoms with Gasteiger partial charge in [0.05, 0.1) is 0 Å². The molecule has 0 aliphatic heterocycles. The maximum atomic E-state index is 10.6. The van der Waals surface area contributed by atoms with Crippen LogP contribution in [0.15, 0.2) is 24.4 Å². The number of phenolic OH excluding ortho intramolecular Hbond substituents is 1. The first kappa shape index (κ1) is 13.6. The van der Waals surface area contributed by atoms with Crippen LogP contribution in [0.4, 0.5) is 0 Å². The summed E-state index contributed by atoms with van der Waals surface area (Å²) in [6.45, 7) is 0. The van der Waals surface area contributed by atoms with E-state index < -0.39 is 12.0 Å². The van der Waals surface area contributed by atoms with Gasteiger partial charge in [-0.05, 0) is 23.8 Å². The van der Waals surface area contributed by atoms with E-state index in [1.807, 2.05) is 0 Å². The zero-order chi connectivity index (χ0) is 11.7. The van der Waals surface area contributed by atoms with Crippen LogP contribution in [0, 0.1) is 0 Å². The normalized spacial score (nSPS) is 12.1. The number of H-pyrrole nitrogens is 1. The molecule has 0 saturated carbocycles. The Balaban J connectivity index is 0.00000144. The molecule has 0 aliphatic rings. The second-order valence-electron chi connectivity index (χ2n) is 3.69. The standard InChI is InChI=1S/C11H12N2O3.Cr/c12-9(11(15)16)3-6-5-13-10-2-1-7(14)4-8(6)10;/h1-2,4-5,9,13-14H,3,12H2,(H,15,16);/t9-;/m0./s1. The number of aromatic hydroxyl groups is 1. The van der Waals surface area contributed by atoms with Crippen LogP contribution in [-0.2, 0) is 28.6 Å². The summed E-state index contributed by atoms with van der Waals surface area (Å²) in [5, 5.41) is 18.9. The van der Waals surface area contributed by atoms with Crippen LogP contribution in [0.5, 0.6) is 5.75 Å². The summed E-state index contributed by atoms with van der Waals surface area (Å²) in [4.78, 5) is 13.6. The average Bonchev–Trinajstić information content (AvgIpc) is 2.61. The minimum atomic E-state index is -1.03. The zero-order valence-electron chi connectivity index (χ0n) is 8.88. The first-order valence-electron chi connectivity index (χ1n) is 4.85. The molecule has 0 amide bonds. The third-order valence-electron chi connectivity index (χ3n) is 2.51. The van der Waals surface area contributed by atoms with Gasteiger partial charge in [0.15, 0.2) is 0 Å². The van der Waals surface area contributed by atoms with Crippen molar-refractivity contribution in [2.24, 2.45) is 5.73 Å². The number of hydrogen-bond donors (Lipinski definition) is 4. The predicted molar refractivity (Wildman–Crippen MR) is 59.3 cm³/mol. The van der Waals surface area contributed by atoms with Gasteiger partial charge in [0.2, 0.25) is 0 Å². The quantitative estimate of drug-likeness (QED) is 0.665. The molecular formula is C11H12CrN2O3. The van der Waals surface area contributed by atoms with E-state index >= 15 is 0 Å². The van der Waals surface area contributed by atoms with Crippen molar-refractivity contribution >= 4 is 16.9 Å². The molecule has 5 N–H and O–H groups in total. The van der Waals surface area contributed by atoms with Gasteiger partial charge in [-0.1, -0.05) is 0 Å². The van der Waals surface area contributed by atoms with Gasteiger partial charge >= 0.3 is 5.97 Å². The summed E-state index contributed by atoms with van der Waals surface area (Å²) in [5.74, 6) is -0.883. The van der Waals surface area contributed by atoms with Crippen molar-refractivity contribution in [2.75, 3.05) is 0 Å². The number of hydrogen-bond acceptors (Lipinski definition) is 3. The monoisotopic (exact) mass is 272 g/mol. The van der Waals surface area contributed by atoms with Crippen molar-refractivity contribution in [3.8, 4) is 5.75 Å². The summed E-state index contributed by atoms with van der Waals surface area (Å²) >= 11 is 0. The van der Waals surface area contributed by atoms with Crippen molar-refractivity contribution in [3.05, 3.63) is 30.0 Å². The molecule has 0 aliphatic carbocycles. The van der Waals surface area contributed by atoms with E-state index in [9.17, 15) is 9.90 Å². The fraction of sp³-hybridized carbons (Fsp3) is 0.182. The number of aromatic nitrogens is 1. The van der Waals surface area contributed by atoms with Gasteiger partial charge in [0.1, 0.15) is 11.8 Å². The van der Waals surface area contributed by atoms with Gasteiger partial charge in [-0.25, -0.2) is 0 Å². The molecule has 0 bridgehead atoms. The van der Waals surface area contributed by atoms with Gasteiger partial charge in [-0.15, -0.1) is 0 Å². The number of nitrogens with one attached hydrogen (secondary N) is 1. The molecule has 0 spiro atoms. The van der Waals surface area contributed by atoms with Crippen LogP contribution < -0.4 is 5.73 Å². The van der Waals surface area contributed by atoms with Gasteiger partial charge < -0.3 is 20.9 Å². The van der Waals surface area contributed by atoms with E-state index in [4.69, 9.17) is 10.8 Å². The number of carbonyl (C=O) groups is 1. The molecule has 5 nitrogen and oxygen atoms in total. The summed E-state index contributed by atoms with van der Waals surface area (Å²) in [6.07, 6.45) is 1.95. The summed E-state index contributed by atoms with van der Waals surface area (Å²) in [6, 6.07) is 3.97. The Labute approximate surface area is 108 Å². The van der Waals surface area contributed by atoms with E-state index in [1.54, 1.807) is 24.4 Å². The third kappa shape index (κ3) is 2.80. The predicted octanol–water partition coefficient (Wildman–Crippen LogP) is 0.825. The molecule has 1 aromatic heterocycles. The fourth-order valence-corrected chi connectivity index (χ4v) is 1.66. The summed E-state index contributed by atoms with van der Waals surface area (Å²) in [5.41, 5.74) is 7.11. The topological polar surface area (TPSA) is 99.3 Å². The Morgan fingerprint density at radius 1 is 1.47 bits per heavy atom. The van der Waals surface area contributed by atoms with Gasteiger partial charge in [-0.3, -0.25) is 4.79 Å². The number of carboxylic acid groups (broad SMARTS) is 1. The molecule has 0 radical (unpaired) electrons. The molecule has 6 heteroatoms. The smallest absolute Gasteiger partial charge is 0.320 e. The Hall–Kier alpha value is -1.48. The number of aromatic amines is 1. The average molecular weight is 272 g/mol. The van der Waals surface area contributed by atoms with Crippen LogP contribution >= 0.6 is 0 Å². The van der Waals surface area contributed by atoms with Gasteiger partial charge in [-0.2, -0.15) is 0 Å². The maximum absolute atomic E-state index is 10.6. The van der Waals surface area contributed by atoms with Gasteiger partial charge in [0, 0.05) is 40.9 Å². The van der Waals surface area contributed by atoms with E-state index in [0.29, 0.717) is 0 Å². The Morgan fingerprint density at radius 2 is 2.18 bits per heavy atom. The first-order valence-corrected chi connectivity index (χ1v) is 4.85. The molecule has 90 valence electrons. The van der Waals surface area contributed by atoms with Crippen LogP contribution in [0.1, 0.15) is 5.56 Å². The first-order chi connectivity index (χ1) is 7.58. The Morgan fingerprint density at radius 3 is 2.82 bits per heavy atom. The number of phenols is 1. The van der Waals surface area contributed by atoms with E-state index in [0.717, 1.165) is 16.5 Å². The van der Waals surface area contributed by atoms with Crippen LogP contribution in [0.2, 0.25) is 0 Å². The molecule has 1 heterocycles. The van der Waals surface area contributed by atoms with Crippen molar-refractivity contribution < 1.29 is 32.4 Å². The zero-order valence-corrected chi connectivity index (χ0v) is 10.2. The largest absolute Gasteiger partial charge is 0.508 e. The van der Waals surface area contributed by atoms with Crippen molar-refractivity contribution in [1.82, 2.24) is 4.98 Å². The van der Waals surface area contributed by atoms with E-state index in [-0.39, 0.29) is 29.5 Å². The second-order valence-corrected chi connectivity index (χ2v) is 3.69. The third-order valence-corrected chi connectivity index (χ3v) is 2.51. The molecule has 1 atom stereocenters. The molecule has 2 rings (SSSR count). The molecule has 17 heavy (non-hydrogen) atoms. The maximum Gasteiger partial charge on any atom is 0.320 e. The molecule has 2 aromatic rings. The van der Waals surface area contributed by atoms with E-state index in [1.165, 1.54) is 0 Å². The van der Waals surface area contributed by atoms with E-state index in [2.05, 4.69) is 4.98 Å². The van der Waals surface area contributed by atoms with Crippen LogP contribution in [0.25, 0.3) is 10.9 Å². The summed E-state index contributed by atoms with van der Waals surface area (Å²) in [7, 11) is 0. The van der Waals surface area contributed by atoms with Gasteiger partial charge in [0.25, 0.3) is 0 Å². The SMILES string of the molecule is N[C@@H](Cc1c[nH]c2ccc(O)cc12)C(=O)O.[Cr]. The number of fused-ring (bicyclic) bond motifs is 1. The second kappa shape index (κ2) is 5.24. The minimum Gasteiger partial charge on any atom is -0.508 e. The molecule has 0 fully saturated rings. The number of aliphatic carboxylic acids is 1. The number of carboxylic acids is 1. The molecular weight excluding hydrogens is 260 g/mol. The molecule has 1 aromatic carbocycles. The van der Waals surface area contributed by atoms with Crippen molar-refractivity contribution in [1.29, 1.82) is 0 Å². The fourth-order valence-electron chi connectivity index (χ4n) is 1.66. The molecule has 0 unspecified atom stereocenters. The molecule has 0 saturated heterocycles. The minimum absolute atomic E-state index is 0. The van der Waals surface area contributed by atoms with Crippen molar-refractivity contribution in [3.63, 3.8) is 0 Å². The van der Waals surface area contributed by atoms with Crippen molar-refractivity contribution in [2.45, 2.75) is 12.5 Å². The number of benzene rings is 1. The number of nitrogens with two attached hydrogens (primary N) is 1. The Bertz CT molecular complexity index is 538. The van der Waals surface area contributed by atoms with Crippen LogP contribution in [0.3, 0.4) is 0 Å². The summed E-state index contributed by atoms with van der Waals surface area (Å²) < 4.78 is 0. The Kier molecular flexibility index (Phi) is 4.18. The van der Waals surface area contributed by atoms with Crippen LogP contribution in [-0.4, -0.2) is 27.2 Å². The number of rotatable bonds is 3.